The van der Waals surface area contributed by atoms with Crippen molar-refractivity contribution in [1.82, 2.24) is 9.62 Å². The minimum atomic E-state index is -3.70. The van der Waals surface area contributed by atoms with E-state index in [9.17, 15) is 12.8 Å². The van der Waals surface area contributed by atoms with Crippen LogP contribution in [0.1, 0.15) is 24.8 Å². The number of likely N-dealkylation sites (tertiary alicyclic amines) is 1. The quantitative estimate of drug-likeness (QED) is 0.893. The summed E-state index contributed by atoms with van der Waals surface area (Å²) in [5, 5.41) is 8.74. The summed E-state index contributed by atoms with van der Waals surface area (Å²) in [6, 6.07) is 4.86. The molecule has 0 atom stereocenters. The third-order valence-corrected chi connectivity index (χ3v) is 5.00. The number of sulfonamides is 1. The maximum atomic E-state index is 13.2. The SMILES string of the molecule is N#Cc1cc(S(=O)(=O)NCCN2CCCCC2)ccc1F. The van der Waals surface area contributed by atoms with Crippen LogP contribution in [0.2, 0.25) is 0 Å². The number of hydrogen-bond donors (Lipinski definition) is 1. The maximum Gasteiger partial charge on any atom is 0.240 e. The lowest BCUT2D eigenvalue weighted by Gasteiger charge is -2.26. The van der Waals surface area contributed by atoms with Crippen LogP contribution in [0.4, 0.5) is 4.39 Å². The summed E-state index contributed by atoms with van der Waals surface area (Å²) in [7, 11) is -3.70. The van der Waals surface area contributed by atoms with Crippen LogP contribution in [-0.4, -0.2) is 39.5 Å². The Kier molecular flexibility index (Phi) is 5.28. The van der Waals surface area contributed by atoms with Gasteiger partial charge in [-0.3, -0.25) is 0 Å². The van der Waals surface area contributed by atoms with E-state index in [0.29, 0.717) is 13.1 Å². The van der Waals surface area contributed by atoms with E-state index in [0.717, 1.165) is 38.1 Å². The van der Waals surface area contributed by atoms with E-state index in [2.05, 4.69) is 9.62 Å². The molecule has 1 saturated heterocycles. The molecule has 0 aliphatic carbocycles. The van der Waals surface area contributed by atoms with Crippen molar-refractivity contribution in [3.63, 3.8) is 0 Å². The minimum Gasteiger partial charge on any atom is -0.302 e. The molecule has 2 rings (SSSR count). The predicted octanol–water partition coefficient (Wildman–Crippen LogP) is 1.46. The summed E-state index contributed by atoms with van der Waals surface area (Å²) in [4.78, 5) is 2.14. The summed E-state index contributed by atoms with van der Waals surface area (Å²) >= 11 is 0. The van der Waals surface area contributed by atoms with Gasteiger partial charge in [-0.2, -0.15) is 5.26 Å². The molecule has 0 bridgehead atoms. The number of nitriles is 1. The van der Waals surface area contributed by atoms with Crippen LogP contribution in [0.3, 0.4) is 0 Å². The highest BCUT2D eigenvalue weighted by atomic mass is 32.2. The van der Waals surface area contributed by atoms with Crippen LogP contribution in [0.25, 0.3) is 0 Å². The molecule has 0 spiro atoms. The zero-order chi connectivity index (χ0) is 15.3. The maximum absolute atomic E-state index is 13.2. The fourth-order valence-electron chi connectivity index (χ4n) is 2.36. The molecular formula is C14H18FN3O2S. The van der Waals surface area contributed by atoms with E-state index >= 15 is 0 Å². The van der Waals surface area contributed by atoms with Crippen molar-refractivity contribution >= 4 is 10.0 Å². The van der Waals surface area contributed by atoms with Gasteiger partial charge in [-0.15, -0.1) is 0 Å². The molecule has 0 amide bonds. The number of hydrogen-bond acceptors (Lipinski definition) is 4. The molecular weight excluding hydrogens is 293 g/mol. The number of nitrogens with one attached hydrogen (secondary N) is 1. The summed E-state index contributed by atoms with van der Waals surface area (Å²) in [5.74, 6) is -0.718. The van der Waals surface area contributed by atoms with Crippen LogP contribution >= 0.6 is 0 Å². The second-order valence-electron chi connectivity index (χ2n) is 5.05. The van der Waals surface area contributed by atoms with Gasteiger partial charge in [0, 0.05) is 13.1 Å². The van der Waals surface area contributed by atoms with Crippen LogP contribution < -0.4 is 4.72 Å². The largest absolute Gasteiger partial charge is 0.302 e. The fourth-order valence-corrected chi connectivity index (χ4v) is 3.41. The topological polar surface area (TPSA) is 73.2 Å². The second-order valence-corrected chi connectivity index (χ2v) is 6.82. The van der Waals surface area contributed by atoms with Crippen molar-refractivity contribution in [3.8, 4) is 6.07 Å². The highest BCUT2D eigenvalue weighted by Gasteiger charge is 2.17. The van der Waals surface area contributed by atoms with Crippen molar-refractivity contribution < 1.29 is 12.8 Å². The molecule has 1 aliphatic rings. The second kappa shape index (κ2) is 6.98. The summed E-state index contributed by atoms with van der Waals surface area (Å²) in [5.41, 5.74) is -0.270. The van der Waals surface area contributed by atoms with Gasteiger partial charge in [-0.05, 0) is 44.1 Å². The number of nitrogens with zero attached hydrogens (tertiary/aromatic N) is 2. The average Bonchev–Trinajstić information content (AvgIpc) is 2.48. The standard InChI is InChI=1S/C14H18FN3O2S/c15-14-5-4-13(10-12(14)11-16)21(19,20)17-6-9-18-7-2-1-3-8-18/h4-5,10,17H,1-3,6-9H2. The number of halogens is 1. The Labute approximate surface area is 124 Å². The lowest BCUT2D eigenvalue weighted by molar-refractivity contribution is 0.233. The van der Waals surface area contributed by atoms with Crippen LogP contribution in [0, 0.1) is 17.1 Å². The molecule has 0 saturated carbocycles. The first kappa shape index (κ1) is 15.9. The summed E-state index contributed by atoms with van der Waals surface area (Å²) in [6.45, 7) is 2.96. The van der Waals surface area contributed by atoms with Crippen molar-refractivity contribution in [2.45, 2.75) is 24.2 Å². The molecule has 7 heteroatoms. The normalized spacial score (nSPS) is 16.6. The Morgan fingerprint density at radius 1 is 1.29 bits per heavy atom. The Bertz CT molecular complexity index is 634. The molecule has 0 radical (unpaired) electrons. The van der Waals surface area contributed by atoms with Gasteiger partial charge in [0.1, 0.15) is 11.9 Å². The predicted molar refractivity (Wildman–Crippen MR) is 76.6 cm³/mol. The molecule has 1 aromatic rings. The number of piperidine rings is 1. The first-order valence-electron chi connectivity index (χ1n) is 6.94. The monoisotopic (exact) mass is 311 g/mol. The minimum absolute atomic E-state index is 0.0842. The fraction of sp³-hybridized carbons (Fsp3) is 0.500. The van der Waals surface area contributed by atoms with Crippen molar-refractivity contribution in [2.24, 2.45) is 0 Å². The Morgan fingerprint density at radius 3 is 2.67 bits per heavy atom. The van der Waals surface area contributed by atoms with Gasteiger partial charge in [0.05, 0.1) is 10.5 Å². The van der Waals surface area contributed by atoms with Gasteiger partial charge in [0.2, 0.25) is 10.0 Å². The molecule has 114 valence electrons. The lowest BCUT2D eigenvalue weighted by atomic mass is 10.1. The van der Waals surface area contributed by atoms with Crippen LogP contribution in [-0.2, 0) is 10.0 Å². The molecule has 21 heavy (non-hydrogen) atoms. The third-order valence-electron chi connectivity index (χ3n) is 3.54. The molecule has 0 aromatic heterocycles. The Morgan fingerprint density at radius 2 is 2.00 bits per heavy atom. The summed E-state index contributed by atoms with van der Waals surface area (Å²) < 4.78 is 39.9. The molecule has 1 aromatic carbocycles. The lowest BCUT2D eigenvalue weighted by Crippen LogP contribution is -2.37. The molecule has 1 fully saturated rings. The average molecular weight is 311 g/mol. The molecule has 1 heterocycles. The number of rotatable bonds is 5. The first-order valence-corrected chi connectivity index (χ1v) is 8.43. The van der Waals surface area contributed by atoms with Crippen LogP contribution in [0.15, 0.2) is 23.1 Å². The molecule has 0 unspecified atom stereocenters. The van der Waals surface area contributed by atoms with E-state index in [1.807, 2.05) is 0 Å². The zero-order valence-corrected chi connectivity index (χ0v) is 12.5. The third kappa shape index (κ3) is 4.24. The van der Waals surface area contributed by atoms with Gasteiger partial charge in [-0.25, -0.2) is 17.5 Å². The van der Waals surface area contributed by atoms with Gasteiger partial charge >= 0.3 is 0 Å². The van der Waals surface area contributed by atoms with E-state index in [4.69, 9.17) is 5.26 Å². The van der Waals surface area contributed by atoms with Crippen molar-refractivity contribution in [3.05, 3.63) is 29.6 Å². The smallest absolute Gasteiger partial charge is 0.240 e. The van der Waals surface area contributed by atoms with E-state index in [1.165, 1.54) is 12.5 Å². The van der Waals surface area contributed by atoms with E-state index in [1.54, 1.807) is 6.07 Å². The van der Waals surface area contributed by atoms with E-state index in [-0.39, 0.29) is 10.5 Å². The van der Waals surface area contributed by atoms with Gasteiger partial charge in [0.15, 0.2) is 0 Å². The van der Waals surface area contributed by atoms with Gasteiger partial charge in [0.25, 0.3) is 0 Å². The van der Waals surface area contributed by atoms with Crippen molar-refractivity contribution in [2.75, 3.05) is 26.2 Å². The van der Waals surface area contributed by atoms with Gasteiger partial charge < -0.3 is 4.90 Å². The first-order chi connectivity index (χ1) is 10.0. The number of benzene rings is 1. The van der Waals surface area contributed by atoms with Crippen LogP contribution in [0.5, 0.6) is 0 Å². The van der Waals surface area contributed by atoms with E-state index < -0.39 is 15.8 Å². The molecule has 1 N–H and O–H groups in total. The highest BCUT2D eigenvalue weighted by Crippen LogP contribution is 2.14. The molecule has 5 nitrogen and oxygen atoms in total. The Hall–Kier alpha value is -1.49. The van der Waals surface area contributed by atoms with Crippen molar-refractivity contribution in [1.29, 1.82) is 5.26 Å². The zero-order valence-electron chi connectivity index (χ0n) is 11.7. The van der Waals surface area contributed by atoms with Gasteiger partial charge in [-0.1, -0.05) is 6.42 Å². The summed E-state index contributed by atoms with van der Waals surface area (Å²) in [6.07, 6.45) is 3.53. The Balaban J connectivity index is 1.96. The molecule has 1 aliphatic heterocycles. The highest BCUT2D eigenvalue weighted by molar-refractivity contribution is 7.89.